The highest BCUT2D eigenvalue weighted by Crippen LogP contribution is 2.47. The predicted octanol–water partition coefficient (Wildman–Crippen LogP) is 10.5. The minimum Gasteiger partial charge on any atom is -0.489 e. The third kappa shape index (κ3) is 11.9. The largest absolute Gasteiger partial charge is 0.489 e. The maximum atomic E-state index is 17.3. The van der Waals surface area contributed by atoms with Crippen LogP contribution in [-0.4, -0.2) is 70.2 Å². The quantitative estimate of drug-likeness (QED) is 0.120. The van der Waals surface area contributed by atoms with Gasteiger partial charge >= 0.3 is 18.3 Å². The van der Waals surface area contributed by atoms with Crippen LogP contribution in [0, 0.1) is 17.1 Å². The zero-order valence-corrected chi connectivity index (χ0v) is 40.2. The Bertz CT molecular complexity index is 2640. The summed E-state index contributed by atoms with van der Waals surface area (Å²) in [7, 11) is 1.54. The van der Waals surface area contributed by atoms with Crippen molar-refractivity contribution in [3.63, 3.8) is 0 Å². The molecule has 0 spiro atoms. The zero-order chi connectivity index (χ0) is 48.8. The minimum absolute atomic E-state index is 0.0146. The van der Waals surface area contributed by atoms with Gasteiger partial charge in [-0.25, -0.2) is 33.1 Å². The standard InChI is InChI=1S/C44H49ClF2N8O7S.C2H6/c1-13-16-28(23-17-15-18-50-35(23)55(40(57)61-43(6,7)8)41(58)62-44(9,10)11)54-19-20-59-33-29-32(51-38(49-12)52-36(29)54)31(47)25(30(33)45)21-24-26(22-48)37(63-34(24)27(46)14-2)53-39(56)60-42(3,4)5;1-2/h13-15,17-18,21,28H,1-2,16,19-20H2,3-12H3,(H,53,56)(H,49,51,52);1-2H3/b24-21+,34-27-;. The SMILES string of the molecule is C=CCC(c1cccnc1N(C(=O)OC(C)(C)C)C(=O)OC(C)(C)C)N1CCOc2c(Cl)c(/C=c3\c(C#N)c(NC(=O)OC(C)(C)C)s\c3=C(/F)C=C)c(F)c3nc(NC)nc1c23.CC. The molecule has 2 N–H and O–H groups in total. The van der Waals surface area contributed by atoms with E-state index in [-0.39, 0.29) is 84.7 Å². The van der Waals surface area contributed by atoms with Gasteiger partial charge in [-0.3, -0.25) is 5.32 Å². The monoisotopic (exact) mass is 936 g/mol. The maximum Gasteiger partial charge on any atom is 0.425 e. The highest BCUT2D eigenvalue weighted by molar-refractivity contribution is 7.14. The van der Waals surface area contributed by atoms with E-state index >= 15 is 8.78 Å². The molecule has 3 amide bonds. The number of halogens is 3. The Kier molecular flexibility index (Phi) is 16.3. The van der Waals surface area contributed by atoms with Crippen LogP contribution in [0.3, 0.4) is 0 Å². The lowest BCUT2D eigenvalue weighted by atomic mass is 10.0. The molecule has 0 radical (unpaired) electrons. The fraction of sp³-hybridized carbons (Fsp3) is 0.413. The predicted molar refractivity (Wildman–Crippen MR) is 251 cm³/mol. The number of nitrogens with zero attached hydrogens (tertiary/aromatic N) is 6. The number of carbonyl (C=O) groups excluding carboxylic acids is 3. The van der Waals surface area contributed by atoms with E-state index in [1.165, 1.54) is 19.3 Å². The highest BCUT2D eigenvalue weighted by atomic mass is 35.5. The normalized spacial score (nSPS) is 13.8. The van der Waals surface area contributed by atoms with Gasteiger partial charge in [-0.2, -0.15) is 15.1 Å². The first kappa shape index (κ1) is 51.3. The Balaban J connectivity index is 0.00000456. The van der Waals surface area contributed by atoms with Gasteiger partial charge in [0, 0.05) is 29.6 Å². The lowest BCUT2D eigenvalue weighted by Crippen LogP contribution is -2.45. The number of anilines is 4. The Morgan fingerprint density at radius 1 is 1.06 bits per heavy atom. The van der Waals surface area contributed by atoms with E-state index in [0.29, 0.717) is 5.56 Å². The van der Waals surface area contributed by atoms with Crippen LogP contribution in [0.5, 0.6) is 5.75 Å². The van der Waals surface area contributed by atoms with Gasteiger partial charge in [0.1, 0.15) is 51.6 Å². The van der Waals surface area contributed by atoms with Crippen LogP contribution in [0.15, 0.2) is 43.6 Å². The molecule has 1 aliphatic rings. The molecule has 1 aromatic carbocycles. The molecule has 19 heteroatoms. The molecular weight excluding hydrogens is 882 g/mol. The number of rotatable bonds is 9. The third-order valence-electron chi connectivity index (χ3n) is 8.73. The summed E-state index contributed by atoms with van der Waals surface area (Å²) < 4.78 is 55.6. The summed E-state index contributed by atoms with van der Waals surface area (Å²) in [4.78, 5) is 56.7. The number of benzene rings is 1. The van der Waals surface area contributed by atoms with E-state index in [4.69, 9.17) is 35.5 Å². The van der Waals surface area contributed by atoms with Gasteiger partial charge in [0.2, 0.25) is 5.95 Å². The number of ether oxygens (including phenoxy) is 4. The van der Waals surface area contributed by atoms with Crippen LogP contribution >= 0.6 is 22.9 Å². The van der Waals surface area contributed by atoms with Crippen molar-refractivity contribution in [3.8, 4) is 11.8 Å². The van der Waals surface area contributed by atoms with Gasteiger partial charge in [0.05, 0.1) is 33.1 Å². The number of hydrogen-bond donors (Lipinski definition) is 2. The van der Waals surface area contributed by atoms with Gasteiger partial charge < -0.3 is 29.2 Å². The van der Waals surface area contributed by atoms with Crippen LogP contribution in [0.2, 0.25) is 5.02 Å². The molecule has 4 aromatic rings. The molecule has 0 saturated carbocycles. The summed E-state index contributed by atoms with van der Waals surface area (Å²) >= 11 is 7.78. The van der Waals surface area contributed by atoms with Crippen LogP contribution in [0.4, 0.5) is 45.7 Å². The van der Waals surface area contributed by atoms with Gasteiger partial charge in [-0.1, -0.05) is 44.2 Å². The van der Waals surface area contributed by atoms with E-state index in [0.717, 1.165) is 22.3 Å². The highest BCUT2D eigenvalue weighted by Gasteiger charge is 2.39. The first-order chi connectivity index (χ1) is 30.4. The number of aromatic nitrogens is 3. The second-order valence-corrected chi connectivity index (χ2v) is 18.4. The fourth-order valence-electron chi connectivity index (χ4n) is 6.40. The molecule has 1 unspecified atom stereocenters. The molecule has 4 heterocycles. The molecule has 1 atom stereocenters. The summed E-state index contributed by atoms with van der Waals surface area (Å²) in [5, 5.41) is 15.3. The van der Waals surface area contributed by atoms with E-state index in [2.05, 4.69) is 33.8 Å². The topological polar surface area (TPSA) is 181 Å². The van der Waals surface area contributed by atoms with E-state index in [1.807, 2.05) is 19.9 Å². The van der Waals surface area contributed by atoms with Gasteiger partial charge in [0.15, 0.2) is 17.4 Å². The van der Waals surface area contributed by atoms with Crippen molar-refractivity contribution in [2.24, 2.45) is 0 Å². The van der Waals surface area contributed by atoms with Crippen molar-refractivity contribution in [3.05, 3.63) is 80.9 Å². The summed E-state index contributed by atoms with van der Waals surface area (Å²) in [5.74, 6) is -1.83. The lowest BCUT2D eigenvalue weighted by Gasteiger charge is -2.34. The summed E-state index contributed by atoms with van der Waals surface area (Å²) in [6.07, 6.45) is 2.33. The Morgan fingerprint density at radius 2 is 1.68 bits per heavy atom. The van der Waals surface area contributed by atoms with Crippen LogP contribution in [0.25, 0.3) is 22.8 Å². The van der Waals surface area contributed by atoms with Crippen LogP contribution in [-0.2, 0) is 14.2 Å². The van der Waals surface area contributed by atoms with E-state index in [1.54, 1.807) is 85.4 Å². The molecule has 0 aliphatic carbocycles. The van der Waals surface area contributed by atoms with Gasteiger partial charge in [0.25, 0.3) is 0 Å². The van der Waals surface area contributed by atoms with Crippen molar-refractivity contribution >= 4 is 86.6 Å². The van der Waals surface area contributed by atoms with Crippen molar-refractivity contribution < 1.29 is 42.1 Å². The van der Waals surface area contributed by atoms with E-state index < -0.39 is 52.8 Å². The summed E-state index contributed by atoms with van der Waals surface area (Å²) in [6.45, 7) is 26.4. The minimum atomic E-state index is -1.04. The number of amides is 3. The zero-order valence-electron chi connectivity index (χ0n) is 38.7. The Hall–Kier alpha value is -6.32. The molecule has 348 valence electrons. The smallest absolute Gasteiger partial charge is 0.425 e. The number of hydrogen-bond acceptors (Lipinski definition) is 14. The van der Waals surface area contributed by atoms with Crippen LogP contribution in [0.1, 0.15) is 105 Å². The molecule has 15 nitrogen and oxygen atoms in total. The number of carbonyl (C=O) groups is 3. The fourth-order valence-corrected chi connectivity index (χ4v) is 7.73. The van der Waals surface area contributed by atoms with Gasteiger partial charge in [-0.15, -0.1) is 17.9 Å². The first-order valence-electron chi connectivity index (χ1n) is 20.6. The van der Waals surface area contributed by atoms with Crippen molar-refractivity contribution in [2.75, 3.05) is 40.6 Å². The third-order valence-corrected chi connectivity index (χ3v) is 10.2. The van der Waals surface area contributed by atoms with Crippen LogP contribution < -0.4 is 34.9 Å². The lowest BCUT2D eigenvalue weighted by molar-refractivity contribution is 0.0427. The van der Waals surface area contributed by atoms with Crippen molar-refractivity contribution in [1.29, 1.82) is 5.26 Å². The average Bonchev–Trinajstić information content (AvgIpc) is 3.43. The molecule has 3 aromatic heterocycles. The average molecular weight is 938 g/mol. The number of nitrogens with one attached hydrogen (secondary N) is 2. The first-order valence-corrected chi connectivity index (χ1v) is 21.8. The summed E-state index contributed by atoms with van der Waals surface area (Å²) in [6, 6.07) is 4.48. The number of allylic oxidation sites excluding steroid dienone is 1. The van der Waals surface area contributed by atoms with Crippen molar-refractivity contribution in [1.82, 2.24) is 15.0 Å². The molecule has 1 aliphatic heterocycles. The molecule has 0 fully saturated rings. The molecule has 0 saturated heterocycles. The maximum absolute atomic E-state index is 17.3. The van der Waals surface area contributed by atoms with E-state index in [9.17, 15) is 19.6 Å². The number of nitriles is 1. The molecule has 0 bridgehead atoms. The second-order valence-electron chi connectivity index (χ2n) is 17.0. The van der Waals surface area contributed by atoms with Gasteiger partial charge in [-0.05, 0) is 87.0 Å². The number of imide groups is 1. The number of thiophene rings is 1. The Labute approximate surface area is 386 Å². The Morgan fingerprint density at radius 3 is 2.22 bits per heavy atom. The molecular formula is C46H55ClF2N8O7S. The molecule has 5 rings (SSSR count). The molecule has 65 heavy (non-hydrogen) atoms. The van der Waals surface area contributed by atoms with Crippen molar-refractivity contribution in [2.45, 2.75) is 105 Å². The number of pyridine rings is 1. The summed E-state index contributed by atoms with van der Waals surface area (Å²) in [5.41, 5.74) is -3.32. The second kappa shape index (κ2) is 20.7.